The lowest BCUT2D eigenvalue weighted by atomic mass is 10.2. The number of aromatic amines is 1. The molecule has 0 saturated carbocycles. The number of rotatable bonds is 3. The molecule has 3 aromatic rings. The van der Waals surface area contributed by atoms with Gasteiger partial charge in [-0.1, -0.05) is 30.3 Å². The molecular formula is C21H23N3O3S. The molecule has 0 spiro atoms. The third-order valence-corrected chi connectivity index (χ3v) is 7.29. The average molecular weight is 398 g/mol. The number of benzene rings is 2. The Hall–Kier alpha value is -2.64. The van der Waals surface area contributed by atoms with Crippen LogP contribution < -0.4 is 0 Å². The fraction of sp³-hybridized carbons (Fsp3) is 0.286. The summed E-state index contributed by atoms with van der Waals surface area (Å²) in [5.41, 5.74) is 3.10. The van der Waals surface area contributed by atoms with Crippen molar-refractivity contribution in [1.29, 1.82) is 0 Å². The van der Waals surface area contributed by atoms with E-state index in [9.17, 15) is 13.2 Å². The average Bonchev–Trinajstić information content (AvgIpc) is 3.13. The molecule has 1 amide bonds. The lowest BCUT2D eigenvalue weighted by molar-refractivity contribution is 0.0693. The molecule has 6 nitrogen and oxygen atoms in total. The van der Waals surface area contributed by atoms with Gasteiger partial charge in [0, 0.05) is 37.1 Å². The quantitative estimate of drug-likeness (QED) is 0.738. The number of para-hydroxylation sites is 1. The van der Waals surface area contributed by atoms with Gasteiger partial charge in [-0.15, -0.1) is 0 Å². The molecule has 1 aliphatic rings. The van der Waals surface area contributed by atoms with Gasteiger partial charge in [-0.25, -0.2) is 8.42 Å². The highest BCUT2D eigenvalue weighted by Gasteiger charge is 2.31. The van der Waals surface area contributed by atoms with Crippen molar-refractivity contribution in [3.8, 4) is 0 Å². The lowest BCUT2D eigenvalue weighted by Crippen LogP contribution is -2.50. The molecule has 0 radical (unpaired) electrons. The Morgan fingerprint density at radius 3 is 2.39 bits per heavy atom. The fourth-order valence-corrected chi connectivity index (χ4v) is 5.35. The number of amides is 1. The summed E-state index contributed by atoms with van der Waals surface area (Å²) in [5.74, 6) is -0.0972. The number of nitrogens with one attached hydrogen (secondary N) is 1. The molecule has 1 saturated heterocycles. The maximum absolute atomic E-state index is 13.0. The molecule has 4 rings (SSSR count). The molecular weight excluding hydrogens is 374 g/mol. The molecule has 0 bridgehead atoms. The van der Waals surface area contributed by atoms with Gasteiger partial charge in [0.05, 0.1) is 4.90 Å². The second kappa shape index (κ2) is 7.07. The molecule has 0 atom stereocenters. The number of hydrogen-bond donors (Lipinski definition) is 1. The zero-order chi connectivity index (χ0) is 19.9. The first kappa shape index (κ1) is 18.7. The van der Waals surface area contributed by atoms with Gasteiger partial charge in [-0.3, -0.25) is 4.79 Å². The lowest BCUT2D eigenvalue weighted by Gasteiger charge is -2.34. The SMILES string of the molecule is Cc1ccc(C)c(S(=O)(=O)N2CCN(C(=O)c3cc4ccccc4[nH]3)CC2)c1. The molecule has 28 heavy (non-hydrogen) atoms. The molecule has 1 fully saturated rings. The van der Waals surface area contributed by atoms with Crippen LogP contribution in [0.5, 0.6) is 0 Å². The van der Waals surface area contributed by atoms with E-state index in [0.717, 1.165) is 22.0 Å². The standard InChI is InChI=1S/C21H23N3O3S/c1-15-7-8-16(2)20(13-15)28(26,27)24-11-9-23(10-12-24)21(25)19-14-17-5-3-4-6-18(17)22-19/h3-8,13-14,22H,9-12H2,1-2H3. The molecule has 1 aliphatic heterocycles. The summed E-state index contributed by atoms with van der Waals surface area (Å²) in [6.45, 7) is 5.03. The Morgan fingerprint density at radius 2 is 1.68 bits per heavy atom. The van der Waals surface area contributed by atoms with E-state index in [4.69, 9.17) is 0 Å². The van der Waals surface area contributed by atoms with Gasteiger partial charge in [-0.05, 0) is 43.2 Å². The minimum absolute atomic E-state index is 0.0972. The Kier molecular flexibility index (Phi) is 4.72. The molecule has 1 aromatic heterocycles. The van der Waals surface area contributed by atoms with E-state index in [2.05, 4.69) is 4.98 Å². The molecule has 0 unspecified atom stereocenters. The monoisotopic (exact) mass is 397 g/mol. The van der Waals surface area contributed by atoms with Gasteiger partial charge >= 0.3 is 0 Å². The van der Waals surface area contributed by atoms with E-state index in [1.165, 1.54) is 4.31 Å². The zero-order valence-electron chi connectivity index (χ0n) is 16.0. The number of fused-ring (bicyclic) bond motifs is 1. The van der Waals surface area contributed by atoms with Crippen molar-refractivity contribution in [2.45, 2.75) is 18.7 Å². The van der Waals surface area contributed by atoms with Crippen LogP contribution in [-0.4, -0.2) is 54.7 Å². The maximum Gasteiger partial charge on any atom is 0.270 e. The minimum Gasteiger partial charge on any atom is -0.351 e. The van der Waals surface area contributed by atoms with Gasteiger partial charge in [0.1, 0.15) is 5.69 Å². The van der Waals surface area contributed by atoms with Gasteiger partial charge < -0.3 is 9.88 Å². The summed E-state index contributed by atoms with van der Waals surface area (Å²) in [6.07, 6.45) is 0. The first-order valence-corrected chi connectivity index (χ1v) is 10.7. The Bertz CT molecular complexity index is 1110. The van der Waals surface area contributed by atoms with Crippen LogP contribution in [0.25, 0.3) is 10.9 Å². The molecule has 2 aromatic carbocycles. The van der Waals surface area contributed by atoms with Crippen LogP contribution in [0.15, 0.2) is 53.4 Å². The van der Waals surface area contributed by atoms with E-state index < -0.39 is 10.0 Å². The maximum atomic E-state index is 13.0. The first-order valence-electron chi connectivity index (χ1n) is 9.31. The molecule has 1 N–H and O–H groups in total. The summed E-state index contributed by atoms with van der Waals surface area (Å²) >= 11 is 0. The first-order chi connectivity index (χ1) is 13.4. The number of carbonyl (C=O) groups excluding carboxylic acids is 1. The third kappa shape index (κ3) is 3.31. The van der Waals surface area contributed by atoms with E-state index in [-0.39, 0.29) is 5.91 Å². The molecule has 0 aliphatic carbocycles. The van der Waals surface area contributed by atoms with E-state index >= 15 is 0 Å². The smallest absolute Gasteiger partial charge is 0.270 e. The number of aryl methyl sites for hydroxylation is 2. The van der Waals surface area contributed by atoms with Crippen LogP contribution >= 0.6 is 0 Å². The highest BCUT2D eigenvalue weighted by molar-refractivity contribution is 7.89. The van der Waals surface area contributed by atoms with Crippen molar-refractivity contribution in [3.63, 3.8) is 0 Å². The third-order valence-electron chi connectivity index (χ3n) is 5.25. The number of H-pyrrole nitrogens is 1. The van der Waals surface area contributed by atoms with Crippen molar-refractivity contribution in [2.75, 3.05) is 26.2 Å². The van der Waals surface area contributed by atoms with Crippen molar-refractivity contribution in [3.05, 3.63) is 65.4 Å². The van der Waals surface area contributed by atoms with Crippen LogP contribution in [-0.2, 0) is 10.0 Å². The van der Waals surface area contributed by atoms with Crippen LogP contribution in [0.1, 0.15) is 21.6 Å². The van der Waals surface area contributed by atoms with Crippen molar-refractivity contribution in [1.82, 2.24) is 14.2 Å². The van der Waals surface area contributed by atoms with Crippen molar-refractivity contribution < 1.29 is 13.2 Å². The fourth-order valence-electron chi connectivity index (χ4n) is 3.61. The summed E-state index contributed by atoms with van der Waals surface area (Å²) in [6, 6.07) is 15.0. The number of sulfonamides is 1. The van der Waals surface area contributed by atoms with Crippen molar-refractivity contribution >= 4 is 26.8 Å². The molecule has 2 heterocycles. The topological polar surface area (TPSA) is 73.5 Å². The minimum atomic E-state index is -3.56. The van der Waals surface area contributed by atoms with Gasteiger partial charge in [0.15, 0.2) is 0 Å². The summed E-state index contributed by atoms with van der Waals surface area (Å²) in [7, 11) is -3.56. The highest BCUT2D eigenvalue weighted by atomic mass is 32.2. The van der Waals surface area contributed by atoms with Gasteiger partial charge in [-0.2, -0.15) is 4.31 Å². The van der Waals surface area contributed by atoms with Gasteiger partial charge in [0.25, 0.3) is 5.91 Å². The second-order valence-corrected chi connectivity index (χ2v) is 9.14. The summed E-state index contributed by atoms with van der Waals surface area (Å²) in [5, 5.41) is 0.988. The van der Waals surface area contributed by atoms with Crippen LogP contribution in [0.4, 0.5) is 0 Å². The second-order valence-electron chi connectivity index (χ2n) is 7.24. The van der Waals surface area contributed by atoms with Crippen LogP contribution in [0, 0.1) is 13.8 Å². The van der Waals surface area contributed by atoms with E-state index in [0.29, 0.717) is 36.8 Å². The Morgan fingerprint density at radius 1 is 0.964 bits per heavy atom. The van der Waals surface area contributed by atoms with Crippen LogP contribution in [0.3, 0.4) is 0 Å². The highest BCUT2D eigenvalue weighted by Crippen LogP contribution is 2.23. The number of aromatic nitrogens is 1. The van der Waals surface area contributed by atoms with E-state index in [1.807, 2.05) is 56.3 Å². The summed E-state index contributed by atoms with van der Waals surface area (Å²) < 4.78 is 27.6. The van der Waals surface area contributed by atoms with Crippen LogP contribution in [0.2, 0.25) is 0 Å². The number of hydrogen-bond acceptors (Lipinski definition) is 3. The molecule has 7 heteroatoms. The van der Waals surface area contributed by atoms with Gasteiger partial charge in [0.2, 0.25) is 10.0 Å². The van der Waals surface area contributed by atoms with Crippen molar-refractivity contribution in [2.24, 2.45) is 0 Å². The Labute approximate surface area is 164 Å². The predicted molar refractivity (Wildman–Crippen MR) is 109 cm³/mol. The largest absolute Gasteiger partial charge is 0.351 e. The number of carbonyl (C=O) groups is 1. The normalized spacial score (nSPS) is 15.9. The number of piperazine rings is 1. The zero-order valence-corrected chi connectivity index (χ0v) is 16.8. The predicted octanol–water partition coefficient (Wildman–Crippen LogP) is 2.93. The molecule has 146 valence electrons. The van der Waals surface area contributed by atoms with E-state index in [1.54, 1.807) is 11.0 Å². The summed E-state index contributed by atoms with van der Waals surface area (Å²) in [4.78, 5) is 18.0. The number of nitrogens with zero attached hydrogens (tertiary/aromatic N) is 2. The Balaban J connectivity index is 1.49.